The number of carbonyl (C=O) groups excluding carboxylic acids is 1. The first-order valence-corrected chi connectivity index (χ1v) is 9.19. The molecule has 27 heavy (non-hydrogen) atoms. The van der Waals surface area contributed by atoms with E-state index >= 15 is 0 Å². The fraction of sp³-hybridized carbons (Fsp3) is 0.333. The SMILES string of the molecule is CCOc1cc(CCNC(=O)CC#N)cc(Cl)c1OCc1ccccc1C. The Hall–Kier alpha value is -2.71. The zero-order valence-corrected chi connectivity index (χ0v) is 16.3. The van der Waals surface area contributed by atoms with Gasteiger partial charge in [-0.15, -0.1) is 0 Å². The fourth-order valence-corrected chi connectivity index (χ4v) is 2.86. The van der Waals surface area contributed by atoms with Crippen molar-refractivity contribution in [1.29, 1.82) is 5.26 Å². The van der Waals surface area contributed by atoms with Crippen molar-refractivity contribution in [3.8, 4) is 17.6 Å². The van der Waals surface area contributed by atoms with E-state index in [2.05, 4.69) is 5.32 Å². The van der Waals surface area contributed by atoms with Gasteiger partial charge in [-0.05, 0) is 49.1 Å². The molecule has 0 bridgehead atoms. The maximum atomic E-state index is 11.4. The molecule has 0 aromatic heterocycles. The maximum Gasteiger partial charge on any atom is 0.234 e. The lowest BCUT2D eigenvalue weighted by Gasteiger charge is -2.16. The van der Waals surface area contributed by atoms with Crippen LogP contribution < -0.4 is 14.8 Å². The van der Waals surface area contributed by atoms with Crippen LogP contribution in [0.2, 0.25) is 5.02 Å². The van der Waals surface area contributed by atoms with Gasteiger partial charge in [-0.2, -0.15) is 5.26 Å². The van der Waals surface area contributed by atoms with E-state index in [4.69, 9.17) is 26.3 Å². The minimum absolute atomic E-state index is 0.142. The van der Waals surface area contributed by atoms with Crippen molar-refractivity contribution in [3.05, 3.63) is 58.1 Å². The van der Waals surface area contributed by atoms with Gasteiger partial charge in [0, 0.05) is 6.54 Å². The summed E-state index contributed by atoms with van der Waals surface area (Å²) < 4.78 is 11.7. The van der Waals surface area contributed by atoms with Gasteiger partial charge in [0.1, 0.15) is 13.0 Å². The van der Waals surface area contributed by atoms with Gasteiger partial charge < -0.3 is 14.8 Å². The second-order valence-corrected chi connectivity index (χ2v) is 6.40. The lowest BCUT2D eigenvalue weighted by atomic mass is 10.1. The average molecular weight is 387 g/mol. The molecule has 0 saturated heterocycles. The summed E-state index contributed by atoms with van der Waals surface area (Å²) in [6, 6.07) is 13.5. The molecule has 0 aliphatic carbocycles. The third-order valence-electron chi connectivity index (χ3n) is 3.98. The van der Waals surface area contributed by atoms with Gasteiger partial charge >= 0.3 is 0 Å². The number of hydrogen-bond acceptors (Lipinski definition) is 4. The molecule has 0 unspecified atom stereocenters. The van der Waals surface area contributed by atoms with Gasteiger partial charge in [0.05, 0.1) is 17.7 Å². The van der Waals surface area contributed by atoms with Crippen LogP contribution in [-0.4, -0.2) is 19.1 Å². The summed E-state index contributed by atoms with van der Waals surface area (Å²) in [6.07, 6.45) is 0.436. The quantitative estimate of drug-likeness (QED) is 0.701. The van der Waals surface area contributed by atoms with Crippen LogP contribution in [0.5, 0.6) is 11.5 Å². The van der Waals surface area contributed by atoms with Gasteiger partial charge in [-0.3, -0.25) is 4.79 Å². The summed E-state index contributed by atoms with van der Waals surface area (Å²) in [5, 5.41) is 11.7. The molecule has 0 heterocycles. The van der Waals surface area contributed by atoms with Crippen LogP contribution in [-0.2, 0) is 17.8 Å². The summed E-state index contributed by atoms with van der Waals surface area (Å²) in [7, 11) is 0. The average Bonchev–Trinajstić information content (AvgIpc) is 2.63. The van der Waals surface area contributed by atoms with E-state index in [-0.39, 0.29) is 12.3 Å². The predicted molar refractivity (Wildman–Crippen MR) is 105 cm³/mol. The van der Waals surface area contributed by atoms with Crippen LogP contribution in [0.3, 0.4) is 0 Å². The Balaban J connectivity index is 2.09. The predicted octanol–water partition coefficient (Wildman–Crippen LogP) is 4.20. The van der Waals surface area contributed by atoms with E-state index in [1.807, 2.05) is 56.3 Å². The second-order valence-electron chi connectivity index (χ2n) is 5.99. The molecule has 5 nitrogen and oxygen atoms in total. The Morgan fingerprint density at radius 3 is 2.74 bits per heavy atom. The molecule has 142 valence electrons. The zero-order chi connectivity index (χ0) is 19.6. The Labute approximate surface area is 164 Å². The minimum Gasteiger partial charge on any atom is -0.490 e. The normalized spacial score (nSPS) is 10.1. The summed E-state index contributed by atoms with van der Waals surface area (Å²) in [6.45, 7) is 5.24. The third-order valence-corrected chi connectivity index (χ3v) is 4.26. The molecule has 0 aliphatic heterocycles. The van der Waals surface area contributed by atoms with Crippen molar-refractivity contribution in [2.75, 3.05) is 13.2 Å². The number of nitrogens with zero attached hydrogens (tertiary/aromatic N) is 1. The molecular formula is C21H23ClN2O3. The molecule has 2 aromatic rings. The van der Waals surface area contributed by atoms with Gasteiger partial charge in [-0.25, -0.2) is 0 Å². The molecule has 2 aromatic carbocycles. The van der Waals surface area contributed by atoms with Crippen LogP contribution in [0.4, 0.5) is 0 Å². The van der Waals surface area contributed by atoms with Crippen molar-refractivity contribution in [1.82, 2.24) is 5.32 Å². The Morgan fingerprint density at radius 2 is 2.04 bits per heavy atom. The smallest absolute Gasteiger partial charge is 0.234 e. The summed E-state index contributed by atoms with van der Waals surface area (Å²) in [5.41, 5.74) is 3.15. The summed E-state index contributed by atoms with van der Waals surface area (Å²) >= 11 is 6.43. The van der Waals surface area contributed by atoms with Crippen LogP contribution >= 0.6 is 11.6 Å². The molecule has 1 N–H and O–H groups in total. The minimum atomic E-state index is -0.285. The standard InChI is InChI=1S/C21H23ClN2O3/c1-3-26-19-13-16(9-11-24-20(25)8-10-23)12-18(22)21(19)27-14-17-7-5-4-6-15(17)2/h4-7,12-13H,3,8-9,11,14H2,1-2H3,(H,24,25). The number of rotatable bonds is 9. The number of halogens is 1. The first-order valence-electron chi connectivity index (χ1n) is 8.81. The van der Waals surface area contributed by atoms with Crippen molar-refractivity contribution in [2.45, 2.75) is 33.3 Å². The highest BCUT2D eigenvalue weighted by Crippen LogP contribution is 2.37. The number of benzene rings is 2. The highest BCUT2D eigenvalue weighted by molar-refractivity contribution is 6.32. The number of nitriles is 1. The largest absolute Gasteiger partial charge is 0.490 e. The van der Waals surface area contributed by atoms with Gasteiger partial charge in [-0.1, -0.05) is 35.9 Å². The zero-order valence-electron chi connectivity index (χ0n) is 15.5. The van der Waals surface area contributed by atoms with Gasteiger partial charge in [0.25, 0.3) is 0 Å². The van der Waals surface area contributed by atoms with Crippen molar-refractivity contribution in [2.24, 2.45) is 0 Å². The number of hydrogen-bond donors (Lipinski definition) is 1. The number of nitrogens with one attached hydrogen (secondary N) is 1. The molecule has 6 heteroatoms. The molecule has 1 amide bonds. The van der Waals surface area contributed by atoms with Crippen LogP contribution in [0, 0.1) is 18.3 Å². The second kappa shape index (κ2) is 10.4. The van der Waals surface area contributed by atoms with E-state index in [1.165, 1.54) is 0 Å². The summed E-state index contributed by atoms with van der Waals surface area (Å²) in [4.78, 5) is 11.4. The van der Waals surface area contributed by atoms with Crippen LogP contribution in [0.1, 0.15) is 30.0 Å². The van der Waals surface area contributed by atoms with E-state index < -0.39 is 0 Å². The summed E-state index contributed by atoms with van der Waals surface area (Å²) in [5.74, 6) is 0.808. The van der Waals surface area contributed by atoms with E-state index in [0.29, 0.717) is 42.7 Å². The molecular weight excluding hydrogens is 364 g/mol. The first kappa shape index (κ1) is 20.6. The molecule has 0 aliphatic rings. The lowest BCUT2D eigenvalue weighted by Crippen LogP contribution is -2.24. The Bertz CT molecular complexity index is 831. The molecule has 0 radical (unpaired) electrons. The topological polar surface area (TPSA) is 71.3 Å². The van der Waals surface area contributed by atoms with Crippen molar-refractivity contribution >= 4 is 17.5 Å². The lowest BCUT2D eigenvalue weighted by molar-refractivity contribution is -0.120. The number of aryl methyl sites for hydroxylation is 1. The van der Waals surface area contributed by atoms with Crippen molar-refractivity contribution < 1.29 is 14.3 Å². The number of ether oxygens (including phenoxy) is 2. The monoisotopic (exact) mass is 386 g/mol. The first-order chi connectivity index (χ1) is 13.0. The molecule has 0 atom stereocenters. The third kappa shape index (κ3) is 6.19. The Morgan fingerprint density at radius 1 is 1.26 bits per heavy atom. The molecule has 0 spiro atoms. The Kier molecular flexibility index (Phi) is 7.97. The number of amides is 1. The van der Waals surface area contributed by atoms with Gasteiger partial charge in [0.15, 0.2) is 11.5 Å². The highest BCUT2D eigenvalue weighted by Gasteiger charge is 2.13. The van der Waals surface area contributed by atoms with Crippen LogP contribution in [0.25, 0.3) is 0 Å². The van der Waals surface area contributed by atoms with Crippen molar-refractivity contribution in [3.63, 3.8) is 0 Å². The van der Waals surface area contributed by atoms with E-state index in [0.717, 1.165) is 16.7 Å². The molecule has 2 rings (SSSR count). The van der Waals surface area contributed by atoms with E-state index in [1.54, 1.807) is 0 Å². The highest BCUT2D eigenvalue weighted by atomic mass is 35.5. The number of carbonyl (C=O) groups is 1. The maximum absolute atomic E-state index is 11.4. The molecule has 0 fully saturated rings. The van der Waals surface area contributed by atoms with E-state index in [9.17, 15) is 4.79 Å². The van der Waals surface area contributed by atoms with Gasteiger partial charge in [0.2, 0.25) is 5.91 Å². The van der Waals surface area contributed by atoms with Crippen LogP contribution in [0.15, 0.2) is 36.4 Å². The fourth-order valence-electron chi connectivity index (χ4n) is 2.57. The molecule has 0 saturated carbocycles.